The molecule has 3 aromatic carbocycles. The third-order valence-electron chi connectivity index (χ3n) is 3.81. The molecule has 2 amide bonds. The van der Waals surface area contributed by atoms with Crippen LogP contribution in [0, 0.1) is 5.82 Å². The Hall–Kier alpha value is -3.51. The van der Waals surface area contributed by atoms with Crippen LogP contribution in [0.5, 0.6) is 0 Å². The van der Waals surface area contributed by atoms with Crippen molar-refractivity contribution in [2.45, 2.75) is 0 Å². The molecule has 0 aromatic heterocycles. The van der Waals surface area contributed by atoms with Crippen LogP contribution in [-0.2, 0) is 0 Å². The van der Waals surface area contributed by atoms with Gasteiger partial charge in [-0.25, -0.2) is 9.87 Å². The van der Waals surface area contributed by atoms with E-state index in [1.54, 1.807) is 17.6 Å². The number of hydroxylamine groups is 1. The molecule has 0 saturated carbocycles. The molecule has 5 nitrogen and oxygen atoms in total. The number of benzene rings is 3. The van der Waals surface area contributed by atoms with E-state index in [-0.39, 0.29) is 5.56 Å². The van der Waals surface area contributed by atoms with Crippen LogP contribution in [0.1, 0.15) is 20.7 Å². The summed E-state index contributed by atoms with van der Waals surface area (Å²) in [6.07, 6.45) is 0. The lowest BCUT2D eigenvalue weighted by molar-refractivity contribution is 0.0707. The predicted molar refractivity (Wildman–Crippen MR) is 95.5 cm³/mol. The van der Waals surface area contributed by atoms with E-state index in [0.29, 0.717) is 16.8 Å². The zero-order chi connectivity index (χ0) is 18.5. The van der Waals surface area contributed by atoms with Crippen molar-refractivity contribution < 1.29 is 19.2 Å². The second-order valence-electron chi connectivity index (χ2n) is 5.53. The van der Waals surface area contributed by atoms with E-state index >= 15 is 0 Å². The average Bonchev–Trinajstić information content (AvgIpc) is 2.68. The van der Waals surface area contributed by atoms with Crippen molar-refractivity contribution in [3.63, 3.8) is 0 Å². The summed E-state index contributed by atoms with van der Waals surface area (Å²) in [5, 5.41) is 11.7. The first-order valence-corrected chi connectivity index (χ1v) is 7.79. The van der Waals surface area contributed by atoms with E-state index in [4.69, 9.17) is 5.21 Å². The molecule has 0 aliphatic rings. The Balaban J connectivity index is 1.95. The fourth-order valence-corrected chi connectivity index (χ4v) is 2.54. The van der Waals surface area contributed by atoms with Crippen molar-refractivity contribution in [2.24, 2.45) is 0 Å². The van der Waals surface area contributed by atoms with Gasteiger partial charge in [0.15, 0.2) is 0 Å². The molecule has 0 bridgehead atoms. The van der Waals surface area contributed by atoms with Gasteiger partial charge in [-0.2, -0.15) is 0 Å². The van der Waals surface area contributed by atoms with Gasteiger partial charge in [-0.1, -0.05) is 30.3 Å². The molecule has 130 valence electrons. The number of amides is 2. The monoisotopic (exact) mass is 350 g/mol. The molecule has 3 N–H and O–H groups in total. The first-order chi connectivity index (χ1) is 12.6. The summed E-state index contributed by atoms with van der Waals surface area (Å²) in [4.78, 5) is 24.2. The zero-order valence-electron chi connectivity index (χ0n) is 13.6. The molecule has 0 radical (unpaired) electrons. The highest BCUT2D eigenvalue weighted by molar-refractivity contribution is 6.06. The van der Waals surface area contributed by atoms with Crippen LogP contribution in [0.4, 0.5) is 10.1 Å². The topological polar surface area (TPSA) is 78.4 Å². The Kier molecular flexibility index (Phi) is 5.05. The molecule has 26 heavy (non-hydrogen) atoms. The number of hydrogen-bond acceptors (Lipinski definition) is 3. The van der Waals surface area contributed by atoms with Gasteiger partial charge in [-0.15, -0.1) is 0 Å². The second kappa shape index (κ2) is 7.58. The highest BCUT2D eigenvalue weighted by atomic mass is 19.1. The Morgan fingerprint density at radius 3 is 2.19 bits per heavy atom. The summed E-state index contributed by atoms with van der Waals surface area (Å²) < 4.78 is 13.0. The van der Waals surface area contributed by atoms with E-state index in [2.05, 4.69) is 5.32 Å². The van der Waals surface area contributed by atoms with Gasteiger partial charge in [0, 0.05) is 16.8 Å². The van der Waals surface area contributed by atoms with Gasteiger partial charge in [0.1, 0.15) is 5.82 Å². The van der Waals surface area contributed by atoms with Crippen LogP contribution in [0.25, 0.3) is 11.1 Å². The van der Waals surface area contributed by atoms with Gasteiger partial charge < -0.3 is 5.32 Å². The number of hydrogen-bond donors (Lipinski definition) is 3. The summed E-state index contributed by atoms with van der Waals surface area (Å²) in [6, 6.07) is 19.0. The molecular formula is C20H15FN2O3. The number of nitrogens with one attached hydrogen (secondary N) is 2. The highest BCUT2D eigenvalue weighted by Crippen LogP contribution is 2.27. The Bertz CT molecular complexity index is 941. The lowest BCUT2D eigenvalue weighted by Crippen LogP contribution is -2.20. The van der Waals surface area contributed by atoms with Crippen LogP contribution >= 0.6 is 0 Å². The smallest absolute Gasteiger partial charge is 0.275 e. The molecule has 0 aliphatic heterocycles. The van der Waals surface area contributed by atoms with E-state index in [9.17, 15) is 14.0 Å². The zero-order valence-corrected chi connectivity index (χ0v) is 13.6. The van der Waals surface area contributed by atoms with Gasteiger partial charge in [0.05, 0.1) is 0 Å². The minimum Gasteiger partial charge on any atom is -0.322 e. The lowest BCUT2D eigenvalue weighted by Gasteiger charge is -2.12. The largest absolute Gasteiger partial charge is 0.322 e. The molecule has 0 heterocycles. The van der Waals surface area contributed by atoms with Gasteiger partial charge in [-0.05, 0) is 53.6 Å². The van der Waals surface area contributed by atoms with Crippen molar-refractivity contribution >= 4 is 17.5 Å². The predicted octanol–water partition coefficient (Wildman–Crippen LogP) is 3.86. The highest BCUT2D eigenvalue weighted by Gasteiger charge is 2.14. The molecular weight excluding hydrogens is 335 g/mol. The molecule has 6 heteroatoms. The van der Waals surface area contributed by atoms with Crippen molar-refractivity contribution in [1.82, 2.24) is 5.48 Å². The number of rotatable bonds is 4. The summed E-state index contributed by atoms with van der Waals surface area (Å²) in [6.45, 7) is 0. The fraction of sp³-hybridized carbons (Fsp3) is 0. The average molecular weight is 350 g/mol. The minimum absolute atomic E-state index is 0.262. The Labute approximate surface area is 149 Å². The number of carbonyl (C=O) groups excluding carboxylic acids is 2. The van der Waals surface area contributed by atoms with E-state index in [0.717, 1.165) is 5.56 Å². The molecule has 3 aromatic rings. The molecule has 0 saturated heterocycles. The maximum Gasteiger partial charge on any atom is 0.275 e. The maximum absolute atomic E-state index is 13.0. The van der Waals surface area contributed by atoms with Gasteiger partial charge >= 0.3 is 0 Å². The Morgan fingerprint density at radius 1 is 0.846 bits per heavy atom. The molecule has 0 spiro atoms. The maximum atomic E-state index is 13.0. The number of anilines is 1. The summed E-state index contributed by atoms with van der Waals surface area (Å²) in [7, 11) is 0. The summed E-state index contributed by atoms with van der Waals surface area (Å²) in [5.41, 5.74) is 3.96. The molecule has 0 unspecified atom stereocenters. The standard InChI is InChI=1S/C20H15FN2O3/c21-15-8-6-14(7-9-15)19(24)22-16-10-11-17(20(25)23-26)18(12-16)13-4-2-1-3-5-13/h1-12,26H,(H,22,24)(H,23,25). The van der Waals surface area contributed by atoms with Gasteiger partial charge in [-0.3, -0.25) is 14.8 Å². The first-order valence-electron chi connectivity index (χ1n) is 7.79. The third-order valence-corrected chi connectivity index (χ3v) is 3.81. The van der Waals surface area contributed by atoms with E-state index < -0.39 is 17.6 Å². The second-order valence-corrected chi connectivity index (χ2v) is 5.53. The van der Waals surface area contributed by atoms with Crippen molar-refractivity contribution in [2.75, 3.05) is 5.32 Å². The quantitative estimate of drug-likeness (QED) is 0.494. The SMILES string of the molecule is O=C(Nc1ccc(C(=O)NO)c(-c2ccccc2)c1)c1ccc(F)cc1. The first kappa shape index (κ1) is 17.3. The molecule has 0 fully saturated rings. The van der Waals surface area contributed by atoms with Crippen LogP contribution in [0.3, 0.4) is 0 Å². The van der Waals surface area contributed by atoms with E-state index in [1.807, 2.05) is 30.3 Å². The number of carbonyl (C=O) groups is 2. The van der Waals surface area contributed by atoms with Crippen LogP contribution in [0.2, 0.25) is 0 Å². The molecule has 0 atom stereocenters. The van der Waals surface area contributed by atoms with Gasteiger partial charge in [0.2, 0.25) is 0 Å². The molecule has 0 aliphatic carbocycles. The van der Waals surface area contributed by atoms with Crippen molar-refractivity contribution in [1.29, 1.82) is 0 Å². The third kappa shape index (κ3) is 3.76. The van der Waals surface area contributed by atoms with Crippen molar-refractivity contribution in [3.05, 3.63) is 89.7 Å². The molecule has 3 rings (SSSR count). The minimum atomic E-state index is -0.653. The van der Waals surface area contributed by atoms with Crippen molar-refractivity contribution in [3.8, 4) is 11.1 Å². The Morgan fingerprint density at radius 2 is 1.54 bits per heavy atom. The van der Waals surface area contributed by atoms with Crippen LogP contribution < -0.4 is 10.8 Å². The normalized spacial score (nSPS) is 10.2. The van der Waals surface area contributed by atoms with Gasteiger partial charge in [0.25, 0.3) is 11.8 Å². The lowest BCUT2D eigenvalue weighted by atomic mass is 9.98. The fourth-order valence-electron chi connectivity index (χ4n) is 2.54. The van der Waals surface area contributed by atoms with E-state index in [1.165, 1.54) is 30.3 Å². The summed E-state index contributed by atoms with van der Waals surface area (Å²) in [5.74, 6) is -1.48. The summed E-state index contributed by atoms with van der Waals surface area (Å²) >= 11 is 0. The van der Waals surface area contributed by atoms with Crippen LogP contribution in [-0.4, -0.2) is 17.0 Å². The van der Waals surface area contributed by atoms with Crippen LogP contribution in [0.15, 0.2) is 72.8 Å². The number of halogens is 1.